The smallest absolute Gasteiger partial charge is 0.215 e. The molecule has 0 aromatic rings. The van der Waals surface area contributed by atoms with Crippen molar-refractivity contribution in [3.63, 3.8) is 0 Å². The fraction of sp³-hybridized carbons (Fsp3) is 0.750. The van der Waals surface area contributed by atoms with E-state index in [0.29, 0.717) is 12.6 Å². The van der Waals surface area contributed by atoms with Gasteiger partial charge in [-0.05, 0) is 19.4 Å². The predicted molar refractivity (Wildman–Crippen MR) is 53.0 cm³/mol. The Balaban J connectivity index is 2.28. The van der Waals surface area contributed by atoms with Crippen LogP contribution < -0.4 is 10.0 Å². The molecule has 1 heterocycles. The van der Waals surface area contributed by atoms with E-state index in [1.165, 1.54) is 6.08 Å². The summed E-state index contributed by atoms with van der Waals surface area (Å²) in [6.45, 7) is 4.88. The van der Waals surface area contributed by atoms with Gasteiger partial charge in [-0.3, -0.25) is 0 Å². The Morgan fingerprint density at radius 2 is 2.38 bits per heavy atom. The van der Waals surface area contributed by atoms with Crippen molar-refractivity contribution in [1.82, 2.24) is 10.0 Å². The van der Waals surface area contributed by atoms with Crippen LogP contribution in [0.15, 0.2) is 12.7 Å². The molecular formula is C8H16N2O2S. The molecule has 0 amide bonds. The second-order valence-electron chi connectivity index (χ2n) is 3.21. The standard InChI is InChI=1S/C8H16N2O2S/c1-2-6-13(11,12)10-7-8-4-3-5-9-8/h2,8-10H,1,3-7H2. The molecule has 1 rings (SSSR count). The van der Waals surface area contributed by atoms with Gasteiger partial charge in [-0.2, -0.15) is 0 Å². The Hall–Kier alpha value is -0.390. The molecule has 1 fully saturated rings. The summed E-state index contributed by atoms with van der Waals surface area (Å²) in [6, 6.07) is 0.305. The topological polar surface area (TPSA) is 58.2 Å². The van der Waals surface area contributed by atoms with E-state index in [9.17, 15) is 8.42 Å². The lowest BCUT2D eigenvalue weighted by molar-refractivity contribution is 0.554. The first-order valence-electron chi connectivity index (χ1n) is 4.45. The van der Waals surface area contributed by atoms with Crippen LogP contribution in [0, 0.1) is 0 Å². The van der Waals surface area contributed by atoms with E-state index >= 15 is 0 Å². The summed E-state index contributed by atoms with van der Waals surface area (Å²) in [7, 11) is -3.13. The van der Waals surface area contributed by atoms with E-state index in [0.717, 1.165) is 19.4 Å². The third-order valence-electron chi connectivity index (χ3n) is 2.05. The van der Waals surface area contributed by atoms with Gasteiger partial charge in [0.1, 0.15) is 0 Å². The Morgan fingerprint density at radius 3 is 2.92 bits per heavy atom. The highest BCUT2D eigenvalue weighted by molar-refractivity contribution is 7.89. The molecule has 1 unspecified atom stereocenters. The minimum Gasteiger partial charge on any atom is -0.313 e. The van der Waals surface area contributed by atoms with E-state index < -0.39 is 10.0 Å². The third kappa shape index (κ3) is 3.89. The van der Waals surface area contributed by atoms with Crippen LogP contribution >= 0.6 is 0 Å². The van der Waals surface area contributed by atoms with Crippen molar-refractivity contribution in [2.75, 3.05) is 18.8 Å². The molecule has 76 valence electrons. The largest absolute Gasteiger partial charge is 0.313 e. The van der Waals surface area contributed by atoms with Crippen LogP contribution in [0.25, 0.3) is 0 Å². The van der Waals surface area contributed by atoms with Crippen LogP contribution in [0.1, 0.15) is 12.8 Å². The normalized spacial score (nSPS) is 23.2. The van der Waals surface area contributed by atoms with Gasteiger partial charge in [0.05, 0.1) is 5.75 Å². The lowest BCUT2D eigenvalue weighted by Crippen LogP contribution is -2.37. The lowest BCUT2D eigenvalue weighted by Gasteiger charge is -2.10. The van der Waals surface area contributed by atoms with E-state index in [-0.39, 0.29) is 5.75 Å². The van der Waals surface area contributed by atoms with Crippen molar-refractivity contribution in [2.45, 2.75) is 18.9 Å². The molecule has 13 heavy (non-hydrogen) atoms. The molecule has 0 radical (unpaired) electrons. The highest BCUT2D eigenvalue weighted by Crippen LogP contribution is 2.03. The van der Waals surface area contributed by atoms with Gasteiger partial charge >= 0.3 is 0 Å². The molecule has 1 saturated heterocycles. The van der Waals surface area contributed by atoms with Crippen LogP contribution in [0.4, 0.5) is 0 Å². The van der Waals surface area contributed by atoms with Gasteiger partial charge in [-0.25, -0.2) is 13.1 Å². The summed E-state index contributed by atoms with van der Waals surface area (Å²) in [4.78, 5) is 0. The molecule has 5 heteroatoms. The van der Waals surface area contributed by atoms with Crippen LogP contribution in [0.3, 0.4) is 0 Å². The summed E-state index contributed by atoms with van der Waals surface area (Å²) in [5, 5.41) is 3.22. The number of nitrogens with one attached hydrogen (secondary N) is 2. The second kappa shape index (κ2) is 4.74. The molecule has 0 aromatic carbocycles. The molecule has 0 saturated carbocycles. The highest BCUT2D eigenvalue weighted by atomic mass is 32.2. The monoisotopic (exact) mass is 204 g/mol. The summed E-state index contributed by atoms with van der Waals surface area (Å²) >= 11 is 0. The maximum Gasteiger partial charge on any atom is 0.215 e. The van der Waals surface area contributed by atoms with Gasteiger partial charge in [0, 0.05) is 12.6 Å². The first-order valence-corrected chi connectivity index (χ1v) is 6.11. The molecule has 0 aromatic heterocycles. The zero-order valence-corrected chi connectivity index (χ0v) is 8.44. The minimum atomic E-state index is -3.13. The first-order chi connectivity index (χ1) is 6.14. The maximum absolute atomic E-state index is 11.2. The molecule has 4 nitrogen and oxygen atoms in total. The Kier molecular flexibility index (Phi) is 3.90. The third-order valence-corrected chi connectivity index (χ3v) is 3.33. The molecule has 2 N–H and O–H groups in total. The van der Waals surface area contributed by atoms with Crippen molar-refractivity contribution in [3.05, 3.63) is 12.7 Å². The van der Waals surface area contributed by atoms with Crippen LogP contribution in [0.2, 0.25) is 0 Å². The van der Waals surface area contributed by atoms with Crippen molar-refractivity contribution in [3.8, 4) is 0 Å². The van der Waals surface area contributed by atoms with Crippen LogP contribution in [-0.2, 0) is 10.0 Å². The van der Waals surface area contributed by atoms with E-state index in [2.05, 4.69) is 16.6 Å². The average molecular weight is 204 g/mol. The molecule has 0 aliphatic carbocycles. The Labute approximate surface area is 79.5 Å². The summed E-state index contributed by atoms with van der Waals surface area (Å²) in [5.41, 5.74) is 0. The van der Waals surface area contributed by atoms with Crippen molar-refractivity contribution < 1.29 is 8.42 Å². The van der Waals surface area contributed by atoms with Crippen molar-refractivity contribution in [2.24, 2.45) is 0 Å². The zero-order valence-electron chi connectivity index (χ0n) is 7.62. The number of sulfonamides is 1. The van der Waals surface area contributed by atoms with Gasteiger partial charge < -0.3 is 5.32 Å². The zero-order chi connectivity index (χ0) is 9.73. The Bertz CT molecular complexity index is 255. The van der Waals surface area contributed by atoms with Gasteiger partial charge in [-0.15, -0.1) is 6.58 Å². The van der Waals surface area contributed by atoms with Crippen molar-refractivity contribution >= 4 is 10.0 Å². The van der Waals surface area contributed by atoms with Gasteiger partial charge in [0.2, 0.25) is 10.0 Å². The summed E-state index contributed by atoms with van der Waals surface area (Å²) in [6.07, 6.45) is 3.58. The first kappa shape index (κ1) is 10.7. The molecule has 1 aliphatic heterocycles. The van der Waals surface area contributed by atoms with Gasteiger partial charge in [0.25, 0.3) is 0 Å². The van der Waals surface area contributed by atoms with E-state index in [1.807, 2.05) is 0 Å². The molecular weight excluding hydrogens is 188 g/mol. The summed E-state index contributed by atoms with van der Waals surface area (Å²) < 4.78 is 24.9. The number of rotatable bonds is 5. The second-order valence-corrected chi connectivity index (χ2v) is 5.06. The average Bonchev–Trinajstić information content (AvgIpc) is 2.52. The van der Waals surface area contributed by atoms with E-state index in [4.69, 9.17) is 0 Å². The SMILES string of the molecule is C=CCS(=O)(=O)NCC1CCCN1. The maximum atomic E-state index is 11.2. The number of hydrogen-bond donors (Lipinski definition) is 2. The minimum absolute atomic E-state index is 0.000278. The van der Waals surface area contributed by atoms with Crippen LogP contribution in [0.5, 0.6) is 0 Å². The fourth-order valence-electron chi connectivity index (χ4n) is 1.37. The summed E-state index contributed by atoms with van der Waals surface area (Å²) in [5.74, 6) is -0.000278. The van der Waals surface area contributed by atoms with Crippen molar-refractivity contribution in [1.29, 1.82) is 0 Å². The van der Waals surface area contributed by atoms with Gasteiger partial charge in [-0.1, -0.05) is 6.08 Å². The predicted octanol–water partition coefficient (Wildman–Crippen LogP) is -0.156. The molecule has 0 spiro atoms. The van der Waals surface area contributed by atoms with E-state index in [1.54, 1.807) is 0 Å². The molecule has 0 bridgehead atoms. The Morgan fingerprint density at radius 1 is 1.62 bits per heavy atom. The van der Waals surface area contributed by atoms with Crippen LogP contribution in [-0.4, -0.2) is 33.3 Å². The van der Waals surface area contributed by atoms with Gasteiger partial charge in [0.15, 0.2) is 0 Å². The molecule has 1 aliphatic rings. The highest BCUT2D eigenvalue weighted by Gasteiger charge is 2.16. The lowest BCUT2D eigenvalue weighted by atomic mass is 10.2. The fourth-order valence-corrected chi connectivity index (χ4v) is 2.26. The molecule has 1 atom stereocenters. The quantitative estimate of drug-likeness (QED) is 0.612. The number of hydrogen-bond acceptors (Lipinski definition) is 3.